The summed E-state index contributed by atoms with van der Waals surface area (Å²) in [6, 6.07) is 5.46. The standard InChI is InChI=1S/C17H21ClN4O2/c1-11(2)24-15-5-4-14(18)7-13(15)8-19-17(23)12-3-6-16-20-10-21-22(16)9-12/h4-5,7,10-12H,3,6,8-9H2,1-2H3,(H,19,23). The Morgan fingerprint density at radius 1 is 1.50 bits per heavy atom. The predicted octanol–water partition coefficient (Wildman–Crippen LogP) is 2.60. The molecule has 1 amide bonds. The number of hydrogen-bond donors (Lipinski definition) is 1. The fourth-order valence-electron chi connectivity index (χ4n) is 2.83. The molecule has 0 fully saturated rings. The van der Waals surface area contributed by atoms with Gasteiger partial charge in [0, 0.05) is 23.6 Å². The normalized spacial score (nSPS) is 16.8. The average molecular weight is 349 g/mol. The van der Waals surface area contributed by atoms with Crippen molar-refractivity contribution in [2.45, 2.75) is 45.9 Å². The highest BCUT2D eigenvalue weighted by atomic mass is 35.5. The largest absolute Gasteiger partial charge is 0.491 e. The number of rotatable bonds is 5. The van der Waals surface area contributed by atoms with E-state index in [2.05, 4.69) is 15.4 Å². The molecule has 24 heavy (non-hydrogen) atoms. The number of hydrogen-bond acceptors (Lipinski definition) is 4. The first-order valence-electron chi connectivity index (χ1n) is 8.12. The first-order chi connectivity index (χ1) is 11.5. The molecule has 3 rings (SSSR count). The summed E-state index contributed by atoms with van der Waals surface area (Å²) in [6.07, 6.45) is 3.16. The van der Waals surface area contributed by atoms with Gasteiger partial charge in [-0.3, -0.25) is 4.79 Å². The van der Waals surface area contributed by atoms with Crippen molar-refractivity contribution in [3.8, 4) is 5.75 Å². The molecule has 0 saturated heterocycles. The molecule has 1 aromatic carbocycles. The topological polar surface area (TPSA) is 69.0 Å². The molecule has 6 nitrogen and oxygen atoms in total. The van der Waals surface area contributed by atoms with Crippen LogP contribution in [0.25, 0.3) is 0 Å². The maximum atomic E-state index is 12.5. The van der Waals surface area contributed by atoms with Gasteiger partial charge < -0.3 is 10.1 Å². The highest BCUT2D eigenvalue weighted by Crippen LogP contribution is 2.24. The van der Waals surface area contributed by atoms with Crippen LogP contribution in [-0.4, -0.2) is 26.8 Å². The molecule has 1 aliphatic rings. The minimum absolute atomic E-state index is 0.0200. The highest BCUT2D eigenvalue weighted by Gasteiger charge is 2.25. The van der Waals surface area contributed by atoms with Crippen LogP contribution >= 0.6 is 11.6 Å². The van der Waals surface area contributed by atoms with Crippen molar-refractivity contribution in [2.75, 3.05) is 0 Å². The minimum atomic E-state index is -0.0900. The van der Waals surface area contributed by atoms with E-state index < -0.39 is 0 Å². The average Bonchev–Trinajstić information content (AvgIpc) is 3.02. The lowest BCUT2D eigenvalue weighted by molar-refractivity contribution is -0.126. The summed E-state index contributed by atoms with van der Waals surface area (Å²) >= 11 is 6.07. The Kier molecular flexibility index (Phi) is 5.04. The van der Waals surface area contributed by atoms with Gasteiger partial charge in [-0.25, -0.2) is 9.67 Å². The quantitative estimate of drug-likeness (QED) is 0.901. The third kappa shape index (κ3) is 3.87. The maximum Gasteiger partial charge on any atom is 0.225 e. The fraction of sp³-hybridized carbons (Fsp3) is 0.471. The lowest BCUT2D eigenvalue weighted by Gasteiger charge is -2.22. The molecule has 1 atom stereocenters. The molecule has 1 aromatic heterocycles. The molecule has 1 N–H and O–H groups in total. The van der Waals surface area contributed by atoms with Crippen molar-refractivity contribution in [1.29, 1.82) is 0 Å². The zero-order valence-electron chi connectivity index (χ0n) is 13.8. The molecule has 1 unspecified atom stereocenters. The highest BCUT2D eigenvalue weighted by molar-refractivity contribution is 6.30. The van der Waals surface area contributed by atoms with Crippen molar-refractivity contribution in [1.82, 2.24) is 20.1 Å². The third-order valence-corrected chi connectivity index (χ3v) is 4.25. The van der Waals surface area contributed by atoms with Gasteiger partial charge in [0.15, 0.2) is 0 Å². The first kappa shape index (κ1) is 16.8. The van der Waals surface area contributed by atoms with Crippen molar-refractivity contribution >= 4 is 17.5 Å². The molecule has 0 radical (unpaired) electrons. The van der Waals surface area contributed by atoms with Gasteiger partial charge in [-0.15, -0.1) is 0 Å². The van der Waals surface area contributed by atoms with Crippen LogP contribution in [0, 0.1) is 5.92 Å². The Bertz CT molecular complexity index is 729. The summed E-state index contributed by atoms with van der Waals surface area (Å²) in [5.41, 5.74) is 0.877. The summed E-state index contributed by atoms with van der Waals surface area (Å²) in [5.74, 6) is 1.62. The molecule has 0 saturated carbocycles. The SMILES string of the molecule is CC(C)Oc1ccc(Cl)cc1CNC(=O)C1CCc2ncnn2C1. The van der Waals surface area contributed by atoms with Gasteiger partial charge in [0.2, 0.25) is 5.91 Å². The summed E-state index contributed by atoms with van der Waals surface area (Å²) < 4.78 is 7.59. The van der Waals surface area contributed by atoms with Crippen LogP contribution in [0.2, 0.25) is 5.02 Å². The number of benzene rings is 1. The van der Waals surface area contributed by atoms with Crippen LogP contribution in [0.5, 0.6) is 5.75 Å². The predicted molar refractivity (Wildman–Crippen MR) is 90.9 cm³/mol. The van der Waals surface area contributed by atoms with Gasteiger partial charge in [0.25, 0.3) is 0 Å². The zero-order valence-corrected chi connectivity index (χ0v) is 14.6. The lowest BCUT2D eigenvalue weighted by atomic mass is 9.99. The molecule has 2 aromatic rings. The first-order valence-corrected chi connectivity index (χ1v) is 8.50. The lowest BCUT2D eigenvalue weighted by Crippen LogP contribution is -2.36. The molecule has 0 spiro atoms. The van der Waals surface area contributed by atoms with Crippen molar-refractivity contribution in [3.63, 3.8) is 0 Å². The smallest absolute Gasteiger partial charge is 0.225 e. The monoisotopic (exact) mass is 348 g/mol. The van der Waals surface area contributed by atoms with Crippen LogP contribution in [-0.2, 0) is 24.3 Å². The number of ether oxygens (including phenoxy) is 1. The minimum Gasteiger partial charge on any atom is -0.491 e. The van der Waals surface area contributed by atoms with Crippen molar-refractivity contribution < 1.29 is 9.53 Å². The van der Waals surface area contributed by atoms with E-state index in [0.29, 0.717) is 18.1 Å². The zero-order chi connectivity index (χ0) is 17.1. The van der Waals surface area contributed by atoms with Crippen LogP contribution in [0.3, 0.4) is 0 Å². The second-order valence-corrected chi connectivity index (χ2v) is 6.67. The molecule has 0 aliphatic carbocycles. The number of nitrogens with one attached hydrogen (secondary N) is 1. The molecular formula is C17H21ClN4O2. The summed E-state index contributed by atoms with van der Waals surface area (Å²) in [4.78, 5) is 16.7. The third-order valence-electron chi connectivity index (χ3n) is 4.01. The fourth-order valence-corrected chi connectivity index (χ4v) is 3.03. The van der Waals surface area contributed by atoms with Gasteiger partial charge in [0.1, 0.15) is 17.9 Å². The van der Waals surface area contributed by atoms with E-state index in [0.717, 1.165) is 30.0 Å². The number of nitrogens with zero attached hydrogens (tertiary/aromatic N) is 3. The van der Waals surface area contributed by atoms with Gasteiger partial charge in [-0.1, -0.05) is 11.6 Å². The molecule has 2 heterocycles. The van der Waals surface area contributed by atoms with Crippen molar-refractivity contribution in [2.24, 2.45) is 5.92 Å². The number of aryl methyl sites for hydroxylation is 1. The summed E-state index contributed by atoms with van der Waals surface area (Å²) in [7, 11) is 0. The van der Waals surface area contributed by atoms with Crippen LogP contribution in [0.4, 0.5) is 0 Å². The van der Waals surface area contributed by atoms with E-state index in [1.54, 1.807) is 10.7 Å². The number of carbonyl (C=O) groups excluding carboxylic acids is 1. The van der Waals surface area contributed by atoms with Crippen LogP contribution in [0.15, 0.2) is 24.5 Å². The molecule has 0 bridgehead atoms. The Balaban J connectivity index is 1.63. The van der Waals surface area contributed by atoms with Crippen LogP contribution in [0.1, 0.15) is 31.7 Å². The van der Waals surface area contributed by atoms with E-state index in [1.807, 2.05) is 26.0 Å². The molecular weight excluding hydrogens is 328 g/mol. The van der Waals surface area contributed by atoms with E-state index in [9.17, 15) is 4.79 Å². The number of amides is 1. The number of halogens is 1. The van der Waals surface area contributed by atoms with E-state index in [-0.39, 0.29) is 17.9 Å². The summed E-state index contributed by atoms with van der Waals surface area (Å²) in [5, 5.41) is 7.77. The van der Waals surface area contributed by atoms with E-state index in [1.165, 1.54) is 6.33 Å². The van der Waals surface area contributed by atoms with Gasteiger partial charge in [-0.2, -0.15) is 5.10 Å². The maximum absolute atomic E-state index is 12.5. The Morgan fingerprint density at radius 2 is 2.33 bits per heavy atom. The Labute approximate surface area is 146 Å². The Hall–Kier alpha value is -2.08. The van der Waals surface area contributed by atoms with Gasteiger partial charge in [-0.05, 0) is 38.5 Å². The van der Waals surface area contributed by atoms with E-state index >= 15 is 0 Å². The van der Waals surface area contributed by atoms with Gasteiger partial charge >= 0.3 is 0 Å². The second-order valence-electron chi connectivity index (χ2n) is 6.23. The van der Waals surface area contributed by atoms with Crippen molar-refractivity contribution in [3.05, 3.63) is 40.9 Å². The molecule has 7 heteroatoms. The summed E-state index contributed by atoms with van der Waals surface area (Å²) in [6.45, 7) is 4.90. The van der Waals surface area contributed by atoms with Gasteiger partial charge in [0.05, 0.1) is 18.6 Å². The molecule has 1 aliphatic heterocycles. The number of aromatic nitrogens is 3. The second kappa shape index (κ2) is 7.21. The van der Waals surface area contributed by atoms with Crippen LogP contribution < -0.4 is 10.1 Å². The number of carbonyl (C=O) groups is 1. The number of fused-ring (bicyclic) bond motifs is 1. The molecule has 128 valence electrons. The van der Waals surface area contributed by atoms with E-state index in [4.69, 9.17) is 16.3 Å². The Morgan fingerprint density at radius 3 is 3.12 bits per heavy atom.